The summed E-state index contributed by atoms with van der Waals surface area (Å²) >= 11 is 0. The predicted molar refractivity (Wildman–Crippen MR) is 72.1 cm³/mol. The Morgan fingerprint density at radius 1 is 1.24 bits per heavy atom. The molecule has 1 N–H and O–H groups in total. The average molecular weight is 235 g/mol. The molecule has 0 radical (unpaired) electrons. The van der Waals surface area contributed by atoms with Gasteiger partial charge in [0, 0.05) is 31.0 Å². The number of likely N-dealkylation sites (tertiary alicyclic amines) is 1. The summed E-state index contributed by atoms with van der Waals surface area (Å²) in [6, 6.07) is 5.07. The van der Waals surface area contributed by atoms with Gasteiger partial charge >= 0.3 is 0 Å². The minimum absolute atomic E-state index is 0.706. The van der Waals surface area contributed by atoms with Gasteiger partial charge in [-0.15, -0.1) is 0 Å². The van der Waals surface area contributed by atoms with Crippen LogP contribution in [0.25, 0.3) is 0 Å². The molecule has 0 amide bonds. The molecule has 1 aliphatic rings. The normalized spacial score (nSPS) is 18.7. The molecule has 0 atom stereocenters. The van der Waals surface area contributed by atoms with Crippen LogP contribution in [0.5, 0.6) is 0 Å². The third-order valence-electron chi connectivity index (χ3n) is 3.87. The van der Waals surface area contributed by atoms with Crippen molar-refractivity contribution in [2.75, 3.05) is 19.6 Å². The SMILES string of the molecule is CCN1CCC(NCc2cccn2CC)CC1. The van der Waals surface area contributed by atoms with Crippen molar-refractivity contribution >= 4 is 0 Å². The fourth-order valence-electron chi connectivity index (χ4n) is 2.62. The first-order chi connectivity index (χ1) is 8.33. The Balaban J connectivity index is 1.76. The Bertz CT molecular complexity index is 324. The van der Waals surface area contributed by atoms with Crippen molar-refractivity contribution in [1.82, 2.24) is 14.8 Å². The maximum absolute atomic E-state index is 3.70. The van der Waals surface area contributed by atoms with E-state index in [1.54, 1.807) is 0 Å². The molecule has 2 heterocycles. The predicted octanol–water partition coefficient (Wildman–Crippen LogP) is 2.08. The summed E-state index contributed by atoms with van der Waals surface area (Å²) in [4.78, 5) is 2.53. The molecule has 0 aliphatic carbocycles. The van der Waals surface area contributed by atoms with E-state index >= 15 is 0 Å². The van der Waals surface area contributed by atoms with E-state index in [0.29, 0.717) is 6.04 Å². The van der Waals surface area contributed by atoms with Crippen LogP contribution in [0, 0.1) is 0 Å². The summed E-state index contributed by atoms with van der Waals surface area (Å²) in [6.45, 7) is 10.2. The van der Waals surface area contributed by atoms with Gasteiger partial charge in [0.25, 0.3) is 0 Å². The third kappa shape index (κ3) is 3.33. The highest BCUT2D eigenvalue weighted by Gasteiger charge is 2.17. The lowest BCUT2D eigenvalue weighted by Crippen LogP contribution is -2.42. The summed E-state index contributed by atoms with van der Waals surface area (Å²) in [7, 11) is 0. The molecule has 3 nitrogen and oxygen atoms in total. The lowest BCUT2D eigenvalue weighted by Gasteiger charge is -2.31. The van der Waals surface area contributed by atoms with Gasteiger partial charge in [0.15, 0.2) is 0 Å². The van der Waals surface area contributed by atoms with Crippen LogP contribution >= 0.6 is 0 Å². The molecule has 1 aromatic rings. The number of piperidine rings is 1. The number of hydrogen-bond acceptors (Lipinski definition) is 2. The Kier molecular flexibility index (Phi) is 4.63. The lowest BCUT2D eigenvalue weighted by atomic mass is 10.1. The van der Waals surface area contributed by atoms with Gasteiger partial charge in [-0.3, -0.25) is 0 Å². The smallest absolute Gasteiger partial charge is 0.0361 e. The highest BCUT2D eigenvalue weighted by atomic mass is 15.1. The van der Waals surface area contributed by atoms with Gasteiger partial charge in [-0.2, -0.15) is 0 Å². The molecule has 2 rings (SSSR count). The van der Waals surface area contributed by atoms with E-state index in [0.717, 1.165) is 13.1 Å². The van der Waals surface area contributed by atoms with Crippen LogP contribution in [0.1, 0.15) is 32.4 Å². The van der Waals surface area contributed by atoms with E-state index in [9.17, 15) is 0 Å². The molecule has 0 bridgehead atoms. The van der Waals surface area contributed by atoms with E-state index in [1.165, 1.54) is 38.2 Å². The highest BCUT2D eigenvalue weighted by Crippen LogP contribution is 2.11. The number of aryl methyl sites for hydroxylation is 1. The van der Waals surface area contributed by atoms with Crippen molar-refractivity contribution < 1.29 is 0 Å². The molecule has 17 heavy (non-hydrogen) atoms. The van der Waals surface area contributed by atoms with Crippen LogP contribution in [0.15, 0.2) is 18.3 Å². The van der Waals surface area contributed by atoms with Gasteiger partial charge in [0.1, 0.15) is 0 Å². The fraction of sp³-hybridized carbons (Fsp3) is 0.714. The van der Waals surface area contributed by atoms with Crippen molar-refractivity contribution in [1.29, 1.82) is 0 Å². The fourth-order valence-corrected chi connectivity index (χ4v) is 2.62. The minimum Gasteiger partial charge on any atom is -0.351 e. The standard InChI is InChI=1S/C14H25N3/c1-3-16-10-7-13(8-11-16)15-12-14-6-5-9-17(14)4-2/h5-6,9,13,15H,3-4,7-8,10-12H2,1-2H3. The molecule has 1 fully saturated rings. The molecule has 0 aromatic carbocycles. The van der Waals surface area contributed by atoms with Crippen molar-refractivity contribution in [2.24, 2.45) is 0 Å². The zero-order valence-electron chi connectivity index (χ0n) is 11.2. The van der Waals surface area contributed by atoms with E-state index < -0.39 is 0 Å². The lowest BCUT2D eigenvalue weighted by molar-refractivity contribution is 0.205. The van der Waals surface area contributed by atoms with E-state index in [2.05, 4.69) is 47.0 Å². The quantitative estimate of drug-likeness (QED) is 0.843. The molecule has 1 aliphatic heterocycles. The molecule has 0 unspecified atom stereocenters. The summed E-state index contributed by atoms with van der Waals surface area (Å²) in [5, 5.41) is 3.70. The molecule has 96 valence electrons. The third-order valence-corrected chi connectivity index (χ3v) is 3.87. The summed E-state index contributed by atoms with van der Waals surface area (Å²) in [5.74, 6) is 0. The van der Waals surface area contributed by atoms with Crippen molar-refractivity contribution in [2.45, 2.75) is 45.8 Å². The monoisotopic (exact) mass is 235 g/mol. The first kappa shape index (κ1) is 12.7. The molecular weight excluding hydrogens is 210 g/mol. The zero-order chi connectivity index (χ0) is 12.1. The van der Waals surface area contributed by atoms with Gasteiger partial charge < -0.3 is 14.8 Å². The van der Waals surface area contributed by atoms with Gasteiger partial charge in [-0.05, 0) is 51.5 Å². The molecule has 3 heteroatoms. The second kappa shape index (κ2) is 6.22. The number of aromatic nitrogens is 1. The zero-order valence-corrected chi connectivity index (χ0v) is 11.2. The summed E-state index contributed by atoms with van der Waals surface area (Å²) < 4.78 is 2.31. The molecule has 1 saturated heterocycles. The van der Waals surface area contributed by atoms with Crippen LogP contribution < -0.4 is 5.32 Å². The second-order valence-electron chi connectivity index (χ2n) is 4.87. The largest absolute Gasteiger partial charge is 0.351 e. The van der Waals surface area contributed by atoms with E-state index in [-0.39, 0.29) is 0 Å². The van der Waals surface area contributed by atoms with Gasteiger partial charge in [-0.1, -0.05) is 6.92 Å². The maximum atomic E-state index is 3.70. The van der Waals surface area contributed by atoms with Crippen molar-refractivity contribution in [3.05, 3.63) is 24.0 Å². The minimum atomic E-state index is 0.706. The Hall–Kier alpha value is -0.800. The van der Waals surface area contributed by atoms with Crippen molar-refractivity contribution in [3.63, 3.8) is 0 Å². The first-order valence-electron chi connectivity index (χ1n) is 6.93. The van der Waals surface area contributed by atoms with Crippen LogP contribution in [-0.4, -0.2) is 35.1 Å². The first-order valence-corrected chi connectivity index (χ1v) is 6.93. The molecule has 0 saturated carbocycles. The van der Waals surface area contributed by atoms with Gasteiger partial charge in [-0.25, -0.2) is 0 Å². The van der Waals surface area contributed by atoms with Crippen LogP contribution in [0.4, 0.5) is 0 Å². The van der Waals surface area contributed by atoms with Crippen LogP contribution in [0.3, 0.4) is 0 Å². The molecule has 0 spiro atoms. The molecular formula is C14H25N3. The maximum Gasteiger partial charge on any atom is 0.0361 e. The summed E-state index contributed by atoms with van der Waals surface area (Å²) in [6.07, 6.45) is 4.75. The number of nitrogens with zero attached hydrogens (tertiary/aromatic N) is 2. The number of rotatable bonds is 5. The Morgan fingerprint density at radius 3 is 2.65 bits per heavy atom. The van der Waals surface area contributed by atoms with Gasteiger partial charge in [0.2, 0.25) is 0 Å². The van der Waals surface area contributed by atoms with Crippen LogP contribution in [0.2, 0.25) is 0 Å². The van der Waals surface area contributed by atoms with E-state index in [1.807, 2.05) is 0 Å². The second-order valence-corrected chi connectivity index (χ2v) is 4.87. The highest BCUT2D eigenvalue weighted by molar-refractivity contribution is 5.07. The summed E-state index contributed by atoms with van der Waals surface area (Å²) in [5.41, 5.74) is 1.41. The Morgan fingerprint density at radius 2 is 2.00 bits per heavy atom. The molecule has 1 aromatic heterocycles. The number of nitrogens with one attached hydrogen (secondary N) is 1. The average Bonchev–Trinajstić information content (AvgIpc) is 2.84. The van der Waals surface area contributed by atoms with Crippen molar-refractivity contribution in [3.8, 4) is 0 Å². The van der Waals surface area contributed by atoms with E-state index in [4.69, 9.17) is 0 Å². The topological polar surface area (TPSA) is 20.2 Å². The number of hydrogen-bond donors (Lipinski definition) is 1. The van der Waals surface area contributed by atoms with Gasteiger partial charge in [0.05, 0.1) is 0 Å². The van der Waals surface area contributed by atoms with Crippen LogP contribution in [-0.2, 0) is 13.1 Å². The Labute approximate surface area is 105 Å².